The first-order valence-electron chi connectivity index (χ1n) is 11.7. The Morgan fingerprint density at radius 1 is 0.947 bits per heavy atom. The fourth-order valence-electron chi connectivity index (χ4n) is 4.52. The van der Waals surface area contributed by atoms with Crippen molar-refractivity contribution in [1.82, 2.24) is 0 Å². The summed E-state index contributed by atoms with van der Waals surface area (Å²) in [6.07, 6.45) is 2.29. The molecule has 0 bridgehead atoms. The number of thiazole rings is 1. The van der Waals surface area contributed by atoms with E-state index in [0.717, 1.165) is 41.6 Å². The number of aryl methyl sites for hydroxylation is 1. The lowest BCUT2D eigenvalue weighted by Crippen LogP contribution is -2.36. The molecule has 2 heterocycles. The Labute approximate surface area is 234 Å². The molecule has 3 aromatic carbocycles. The number of aromatic nitrogens is 1. The highest BCUT2D eigenvalue weighted by Crippen LogP contribution is 2.48. The lowest BCUT2D eigenvalue weighted by molar-refractivity contribution is -0.667. The SMILES string of the molecule is O=S(=O)([O-])CCCN1/C(=C/c2sc3ccc4ccccc4c3[n+]2CCCS(=O)(=O)[O-])Sc2ccc(Cl)cc21. The van der Waals surface area contributed by atoms with Crippen molar-refractivity contribution in [3.05, 3.63) is 69.7 Å². The van der Waals surface area contributed by atoms with E-state index in [-0.39, 0.29) is 12.8 Å². The Morgan fingerprint density at radius 3 is 2.45 bits per heavy atom. The third kappa shape index (κ3) is 6.17. The highest BCUT2D eigenvalue weighted by atomic mass is 35.5. The summed E-state index contributed by atoms with van der Waals surface area (Å²) in [6, 6.07) is 17.5. The van der Waals surface area contributed by atoms with Crippen LogP contribution >= 0.6 is 34.7 Å². The molecular weight excluding hydrogens is 588 g/mol. The van der Waals surface area contributed by atoms with Crippen LogP contribution in [0.2, 0.25) is 5.02 Å². The molecule has 200 valence electrons. The lowest BCUT2D eigenvalue weighted by Gasteiger charge is -2.20. The molecule has 0 radical (unpaired) electrons. The summed E-state index contributed by atoms with van der Waals surface area (Å²) in [7, 11) is -8.71. The van der Waals surface area contributed by atoms with Crippen LogP contribution in [0.1, 0.15) is 17.8 Å². The van der Waals surface area contributed by atoms with Gasteiger partial charge in [0.15, 0.2) is 6.54 Å². The number of benzene rings is 3. The molecule has 0 N–H and O–H groups in total. The second-order valence-corrected chi connectivity index (χ2v) is 14.4. The molecule has 0 spiro atoms. The van der Waals surface area contributed by atoms with Gasteiger partial charge in [-0.15, -0.1) is 0 Å². The first kappa shape index (κ1) is 27.4. The average Bonchev–Trinajstić information content (AvgIpc) is 3.35. The molecule has 0 saturated heterocycles. The maximum absolute atomic E-state index is 11.3. The zero-order chi connectivity index (χ0) is 27.1. The Bertz CT molecular complexity index is 1780. The normalized spacial score (nSPS) is 15.1. The Hall–Kier alpha value is -2.19. The highest BCUT2D eigenvalue weighted by Gasteiger charge is 2.29. The second-order valence-electron chi connectivity index (χ2n) is 8.80. The molecule has 0 amide bonds. The van der Waals surface area contributed by atoms with Gasteiger partial charge in [0.2, 0.25) is 5.52 Å². The number of halogens is 1. The fraction of sp³-hybridized carbons (Fsp3) is 0.240. The number of anilines is 1. The Kier molecular flexibility index (Phi) is 7.75. The zero-order valence-electron chi connectivity index (χ0n) is 19.9. The van der Waals surface area contributed by atoms with E-state index in [0.29, 0.717) is 18.1 Å². The summed E-state index contributed by atoms with van der Waals surface area (Å²) >= 11 is 9.30. The molecule has 13 heteroatoms. The quantitative estimate of drug-likeness (QED) is 0.196. The van der Waals surface area contributed by atoms with Crippen LogP contribution in [0.25, 0.3) is 27.1 Å². The molecule has 0 saturated carbocycles. The summed E-state index contributed by atoms with van der Waals surface area (Å²) in [4.78, 5) is 2.90. The van der Waals surface area contributed by atoms with E-state index < -0.39 is 31.7 Å². The first-order valence-corrected chi connectivity index (χ1v) is 16.8. The number of rotatable bonds is 9. The molecule has 1 aromatic heterocycles. The van der Waals surface area contributed by atoms with Gasteiger partial charge in [-0.05, 0) is 42.1 Å². The van der Waals surface area contributed by atoms with E-state index in [9.17, 15) is 25.9 Å². The van der Waals surface area contributed by atoms with E-state index in [1.807, 2.05) is 64.1 Å². The molecule has 1 aliphatic heterocycles. The van der Waals surface area contributed by atoms with Crippen LogP contribution in [0, 0.1) is 0 Å². The van der Waals surface area contributed by atoms with Gasteiger partial charge in [-0.2, -0.15) is 4.57 Å². The van der Waals surface area contributed by atoms with Crippen molar-refractivity contribution in [1.29, 1.82) is 0 Å². The number of fused-ring (bicyclic) bond motifs is 4. The number of thioether (sulfide) groups is 1. The first-order chi connectivity index (χ1) is 18.0. The Balaban J connectivity index is 1.60. The summed E-state index contributed by atoms with van der Waals surface area (Å²) in [5, 5.41) is 4.27. The van der Waals surface area contributed by atoms with Gasteiger partial charge in [-0.1, -0.05) is 59.0 Å². The third-order valence-electron chi connectivity index (χ3n) is 6.11. The van der Waals surface area contributed by atoms with Crippen molar-refractivity contribution in [2.24, 2.45) is 0 Å². The minimum absolute atomic E-state index is 0.147. The monoisotopic (exact) mass is 609 g/mol. The van der Waals surface area contributed by atoms with Crippen LogP contribution in [0.4, 0.5) is 5.69 Å². The van der Waals surface area contributed by atoms with Crippen LogP contribution in [-0.2, 0) is 26.8 Å². The van der Waals surface area contributed by atoms with E-state index in [2.05, 4.69) is 0 Å². The van der Waals surface area contributed by atoms with Gasteiger partial charge in [-0.25, -0.2) is 16.8 Å². The van der Waals surface area contributed by atoms with Crippen LogP contribution in [0.15, 0.2) is 64.5 Å². The van der Waals surface area contributed by atoms with Gasteiger partial charge in [0.1, 0.15) is 4.70 Å². The van der Waals surface area contributed by atoms with Gasteiger partial charge in [0.25, 0.3) is 5.01 Å². The van der Waals surface area contributed by atoms with Crippen molar-refractivity contribution < 1.29 is 30.5 Å². The van der Waals surface area contributed by atoms with Gasteiger partial charge in [0.05, 0.1) is 42.4 Å². The van der Waals surface area contributed by atoms with Crippen molar-refractivity contribution in [3.8, 4) is 0 Å². The maximum atomic E-state index is 11.3. The van der Waals surface area contributed by atoms with Gasteiger partial charge >= 0.3 is 0 Å². The second kappa shape index (κ2) is 10.8. The predicted octanol–water partition coefficient (Wildman–Crippen LogP) is 4.78. The minimum atomic E-state index is -4.35. The molecule has 0 atom stereocenters. The third-order valence-corrected chi connectivity index (χ3v) is 10.1. The van der Waals surface area contributed by atoms with E-state index in [1.165, 1.54) is 11.8 Å². The van der Waals surface area contributed by atoms with E-state index in [1.54, 1.807) is 17.4 Å². The summed E-state index contributed by atoms with van der Waals surface area (Å²) in [5.41, 5.74) is 1.78. The lowest BCUT2D eigenvalue weighted by atomic mass is 10.1. The largest absolute Gasteiger partial charge is 0.748 e. The standard InChI is InChI=1S/C25H23ClN2O6S4/c26-18-8-10-21-20(15-18)27(11-3-13-37(29,30)31)23(35-21)16-24-28(12-4-14-38(32,33)34)25-19-6-2-1-5-17(19)7-9-22(25)36-24/h1-2,5-10,15-16H,3-4,11-14H2,(H-,29,30,31,32,33,34)/p-1. The van der Waals surface area contributed by atoms with Gasteiger partial charge in [-0.3, -0.25) is 0 Å². The summed E-state index contributed by atoms with van der Waals surface area (Å²) < 4.78 is 70.6. The van der Waals surface area contributed by atoms with Crippen LogP contribution in [0.3, 0.4) is 0 Å². The predicted molar refractivity (Wildman–Crippen MR) is 151 cm³/mol. The van der Waals surface area contributed by atoms with Crippen molar-refractivity contribution in [2.45, 2.75) is 24.3 Å². The molecule has 0 fully saturated rings. The van der Waals surface area contributed by atoms with E-state index >= 15 is 0 Å². The summed E-state index contributed by atoms with van der Waals surface area (Å²) in [6.45, 7) is 0.627. The number of hydrogen-bond donors (Lipinski definition) is 0. The smallest absolute Gasteiger partial charge is 0.265 e. The van der Waals surface area contributed by atoms with Crippen molar-refractivity contribution >= 4 is 87.7 Å². The average molecular weight is 610 g/mol. The molecule has 0 aliphatic carbocycles. The molecule has 1 aliphatic rings. The minimum Gasteiger partial charge on any atom is -0.748 e. The topological polar surface area (TPSA) is 122 Å². The highest BCUT2D eigenvalue weighted by molar-refractivity contribution is 8.04. The molecule has 4 aromatic rings. The molecule has 0 unspecified atom stereocenters. The maximum Gasteiger partial charge on any atom is 0.265 e. The molecular formula is C25H22ClN2O6S4-. The molecule has 38 heavy (non-hydrogen) atoms. The molecule has 5 rings (SSSR count). The van der Waals surface area contributed by atoms with Gasteiger partial charge < -0.3 is 14.0 Å². The number of nitrogens with zero attached hydrogens (tertiary/aromatic N) is 2. The van der Waals surface area contributed by atoms with E-state index in [4.69, 9.17) is 11.6 Å². The number of hydrogen-bond acceptors (Lipinski definition) is 9. The molecule has 8 nitrogen and oxygen atoms in total. The Morgan fingerprint density at radius 2 is 1.68 bits per heavy atom. The zero-order valence-corrected chi connectivity index (χ0v) is 23.9. The van der Waals surface area contributed by atoms with Crippen LogP contribution in [-0.4, -0.2) is 44.0 Å². The fourth-order valence-corrected chi connectivity index (χ4v) is 7.97. The van der Waals surface area contributed by atoms with Gasteiger partial charge in [0, 0.05) is 34.4 Å². The van der Waals surface area contributed by atoms with Crippen molar-refractivity contribution in [2.75, 3.05) is 23.0 Å². The van der Waals surface area contributed by atoms with Crippen LogP contribution < -0.4 is 9.47 Å². The van der Waals surface area contributed by atoms with Crippen molar-refractivity contribution in [3.63, 3.8) is 0 Å². The summed E-state index contributed by atoms with van der Waals surface area (Å²) in [5.74, 6) is -0.942. The van der Waals surface area contributed by atoms with Crippen LogP contribution in [0.5, 0.6) is 0 Å².